The van der Waals surface area contributed by atoms with E-state index >= 15 is 0 Å². The van der Waals surface area contributed by atoms with Gasteiger partial charge in [0.1, 0.15) is 11.9 Å². The van der Waals surface area contributed by atoms with Gasteiger partial charge in [0, 0.05) is 49.1 Å². The van der Waals surface area contributed by atoms with Gasteiger partial charge >= 0.3 is 0 Å². The van der Waals surface area contributed by atoms with E-state index in [-0.39, 0.29) is 12.0 Å². The molecule has 1 atom stereocenters. The van der Waals surface area contributed by atoms with Crippen molar-refractivity contribution < 1.29 is 4.79 Å². The summed E-state index contributed by atoms with van der Waals surface area (Å²) in [4.78, 5) is 26.8. The van der Waals surface area contributed by atoms with Crippen LogP contribution in [0.15, 0.2) is 24.4 Å². The van der Waals surface area contributed by atoms with Crippen LogP contribution in [0.3, 0.4) is 0 Å². The van der Waals surface area contributed by atoms with Crippen LogP contribution in [0.4, 0.5) is 5.82 Å². The highest BCUT2D eigenvalue weighted by Gasteiger charge is 2.45. The number of piperazine rings is 1. The lowest BCUT2D eigenvalue weighted by atomic mass is 9.99. The Labute approximate surface area is 195 Å². The first-order valence-electron chi connectivity index (χ1n) is 12.5. The van der Waals surface area contributed by atoms with Crippen LogP contribution in [0.25, 0.3) is 0 Å². The Balaban J connectivity index is 1.30. The molecule has 0 N–H and O–H groups in total. The quantitative estimate of drug-likeness (QED) is 0.678. The van der Waals surface area contributed by atoms with Crippen LogP contribution in [0.5, 0.6) is 0 Å². The molecule has 0 spiro atoms. The molecule has 6 nitrogen and oxygen atoms in total. The predicted molar refractivity (Wildman–Crippen MR) is 126 cm³/mol. The molecule has 2 aromatic heterocycles. The monoisotopic (exact) mass is 441 g/mol. The molecule has 1 aliphatic heterocycles. The van der Waals surface area contributed by atoms with Crippen LogP contribution in [0.2, 0.25) is 0 Å². The Hall–Kier alpha value is -2.94. The Kier molecular flexibility index (Phi) is 5.09. The van der Waals surface area contributed by atoms with Crippen molar-refractivity contribution in [1.82, 2.24) is 14.9 Å². The van der Waals surface area contributed by atoms with Gasteiger partial charge in [-0.15, -0.1) is 0 Å². The van der Waals surface area contributed by atoms with Crippen molar-refractivity contribution in [3.05, 3.63) is 52.5 Å². The molecule has 1 saturated heterocycles. The molecular formula is C27H31N5O. The minimum Gasteiger partial charge on any atom is -0.352 e. The van der Waals surface area contributed by atoms with Crippen LogP contribution in [-0.2, 0) is 11.2 Å². The fourth-order valence-corrected chi connectivity index (χ4v) is 5.39. The lowest BCUT2D eigenvalue weighted by Gasteiger charge is -2.43. The number of nitriles is 1. The fourth-order valence-electron chi connectivity index (χ4n) is 5.39. The number of hydrogen-bond donors (Lipinski definition) is 0. The van der Waals surface area contributed by atoms with Crippen molar-refractivity contribution >= 4 is 11.7 Å². The number of rotatable bonds is 6. The topological polar surface area (TPSA) is 73.1 Å². The average Bonchev–Trinajstić information content (AvgIpc) is 3.67. The first-order valence-corrected chi connectivity index (χ1v) is 12.5. The number of carbonyl (C=O) groups is 1. The minimum absolute atomic E-state index is 0.267. The summed E-state index contributed by atoms with van der Waals surface area (Å²) in [5.41, 5.74) is 5.22. The third kappa shape index (κ3) is 4.21. The molecule has 1 amide bonds. The molecule has 3 saturated carbocycles. The van der Waals surface area contributed by atoms with E-state index in [4.69, 9.17) is 4.98 Å². The summed E-state index contributed by atoms with van der Waals surface area (Å²) in [6, 6.07) is 8.97. The number of anilines is 1. The summed E-state index contributed by atoms with van der Waals surface area (Å²) in [5, 5.41) is 10.0. The SMILES string of the molecule is Cc1cc(Cc2cc(C#N)c(N3CCN(C(=O)C4CC4)C(C4CC4)C3)nc2C2CC2)ccn1. The summed E-state index contributed by atoms with van der Waals surface area (Å²) in [6.45, 7) is 4.32. The normalized spacial score (nSPS) is 22.8. The average molecular weight is 442 g/mol. The maximum atomic E-state index is 12.9. The minimum atomic E-state index is 0.267. The van der Waals surface area contributed by atoms with E-state index in [1.54, 1.807) is 0 Å². The third-order valence-corrected chi connectivity index (χ3v) is 7.65. The second kappa shape index (κ2) is 8.13. The smallest absolute Gasteiger partial charge is 0.226 e. The van der Waals surface area contributed by atoms with E-state index in [9.17, 15) is 10.1 Å². The maximum absolute atomic E-state index is 12.9. The zero-order valence-electron chi connectivity index (χ0n) is 19.3. The van der Waals surface area contributed by atoms with Gasteiger partial charge in [-0.25, -0.2) is 4.98 Å². The molecule has 33 heavy (non-hydrogen) atoms. The number of pyridine rings is 2. The van der Waals surface area contributed by atoms with Gasteiger partial charge in [-0.1, -0.05) is 0 Å². The van der Waals surface area contributed by atoms with Crippen LogP contribution < -0.4 is 4.90 Å². The highest BCUT2D eigenvalue weighted by molar-refractivity contribution is 5.81. The molecule has 4 aliphatic rings. The van der Waals surface area contributed by atoms with Gasteiger partial charge in [0.15, 0.2) is 0 Å². The number of aryl methyl sites for hydroxylation is 1. The molecule has 170 valence electrons. The van der Waals surface area contributed by atoms with Crippen molar-refractivity contribution in [1.29, 1.82) is 5.26 Å². The maximum Gasteiger partial charge on any atom is 0.226 e. The lowest BCUT2D eigenvalue weighted by Crippen LogP contribution is -2.57. The van der Waals surface area contributed by atoms with Crippen LogP contribution in [-0.4, -0.2) is 46.5 Å². The Morgan fingerprint density at radius 3 is 2.64 bits per heavy atom. The van der Waals surface area contributed by atoms with E-state index in [1.807, 2.05) is 13.1 Å². The Morgan fingerprint density at radius 2 is 1.97 bits per heavy atom. The number of nitrogens with zero attached hydrogens (tertiary/aromatic N) is 5. The number of amides is 1. The lowest BCUT2D eigenvalue weighted by molar-refractivity contribution is -0.135. The van der Waals surface area contributed by atoms with Gasteiger partial charge in [-0.05, 0) is 87.1 Å². The summed E-state index contributed by atoms with van der Waals surface area (Å²) in [7, 11) is 0. The van der Waals surface area contributed by atoms with Crippen molar-refractivity contribution in [3.63, 3.8) is 0 Å². The standard InChI is InChI=1S/C27H31N5O/c1-17-12-18(8-9-29-17)13-22-14-23(15-28)26(30-25(22)20-4-5-20)31-10-11-32(27(33)21-6-7-21)24(16-31)19-2-3-19/h8-9,12,14,19-21,24H,2-7,10-11,13,16H2,1H3. The molecule has 6 heteroatoms. The van der Waals surface area contributed by atoms with Gasteiger partial charge in [-0.3, -0.25) is 9.78 Å². The van der Waals surface area contributed by atoms with Crippen LogP contribution in [0, 0.1) is 30.1 Å². The molecule has 2 aromatic rings. The highest BCUT2D eigenvalue weighted by Crippen LogP contribution is 2.44. The summed E-state index contributed by atoms with van der Waals surface area (Å²) < 4.78 is 0. The second-order valence-corrected chi connectivity index (χ2v) is 10.4. The Morgan fingerprint density at radius 1 is 1.15 bits per heavy atom. The van der Waals surface area contributed by atoms with Crippen molar-refractivity contribution in [3.8, 4) is 6.07 Å². The summed E-state index contributed by atoms with van der Waals surface area (Å²) in [5.74, 6) is 2.58. The zero-order valence-corrected chi connectivity index (χ0v) is 19.3. The summed E-state index contributed by atoms with van der Waals surface area (Å²) in [6.07, 6.45) is 9.52. The van der Waals surface area contributed by atoms with E-state index in [2.05, 4.69) is 39.1 Å². The van der Waals surface area contributed by atoms with Gasteiger partial charge in [-0.2, -0.15) is 5.26 Å². The predicted octanol–water partition coefficient (Wildman–Crippen LogP) is 3.96. The molecule has 1 unspecified atom stereocenters. The van der Waals surface area contributed by atoms with Crippen molar-refractivity contribution in [2.75, 3.05) is 24.5 Å². The van der Waals surface area contributed by atoms with Gasteiger partial charge in [0.25, 0.3) is 0 Å². The van der Waals surface area contributed by atoms with E-state index in [1.165, 1.54) is 36.8 Å². The largest absolute Gasteiger partial charge is 0.352 e. The molecule has 0 aromatic carbocycles. The molecule has 0 radical (unpaired) electrons. The van der Waals surface area contributed by atoms with Gasteiger partial charge in [0.05, 0.1) is 11.6 Å². The zero-order chi connectivity index (χ0) is 22.5. The number of carbonyl (C=O) groups excluding carboxylic acids is 1. The fraction of sp³-hybridized carbons (Fsp3) is 0.556. The second-order valence-electron chi connectivity index (χ2n) is 10.4. The first kappa shape index (κ1) is 20.7. The molecule has 3 aliphatic carbocycles. The van der Waals surface area contributed by atoms with E-state index in [0.29, 0.717) is 23.3 Å². The molecule has 6 rings (SSSR count). The molecular weight excluding hydrogens is 410 g/mol. The molecule has 0 bridgehead atoms. The number of hydrogen-bond acceptors (Lipinski definition) is 5. The first-order chi connectivity index (χ1) is 16.1. The third-order valence-electron chi connectivity index (χ3n) is 7.65. The van der Waals surface area contributed by atoms with Crippen LogP contribution in [0.1, 0.15) is 72.5 Å². The van der Waals surface area contributed by atoms with Crippen molar-refractivity contribution in [2.24, 2.45) is 11.8 Å². The summed E-state index contributed by atoms with van der Waals surface area (Å²) >= 11 is 0. The molecule has 4 fully saturated rings. The van der Waals surface area contributed by atoms with E-state index < -0.39 is 0 Å². The van der Waals surface area contributed by atoms with Crippen molar-refractivity contribution in [2.45, 2.75) is 63.8 Å². The highest BCUT2D eigenvalue weighted by atomic mass is 16.2. The van der Waals surface area contributed by atoms with Gasteiger partial charge in [0.2, 0.25) is 5.91 Å². The number of aromatic nitrogens is 2. The van der Waals surface area contributed by atoms with Gasteiger partial charge < -0.3 is 9.80 Å². The van der Waals surface area contributed by atoms with E-state index in [0.717, 1.165) is 56.1 Å². The van der Waals surface area contributed by atoms with Crippen LogP contribution >= 0.6 is 0 Å². The molecule has 3 heterocycles. The Bertz CT molecular complexity index is 1130.